The minimum absolute atomic E-state index is 0.0482. The lowest BCUT2D eigenvalue weighted by Gasteiger charge is -2.26. The van der Waals surface area contributed by atoms with Gasteiger partial charge in [-0.25, -0.2) is 4.79 Å². The molecule has 2 unspecified atom stereocenters. The van der Waals surface area contributed by atoms with Crippen molar-refractivity contribution in [2.45, 2.75) is 18.8 Å². The number of piperidine rings is 1. The molecule has 0 bridgehead atoms. The number of benzene rings is 2. The van der Waals surface area contributed by atoms with Gasteiger partial charge < -0.3 is 20.0 Å². The summed E-state index contributed by atoms with van der Waals surface area (Å²) in [5.41, 5.74) is 4.08. The number of amides is 2. The molecule has 9 heteroatoms. The molecule has 1 saturated carbocycles. The van der Waals surface area contributed by atoms with Crippen LogP contribution in [-0.4, -0.2) is 39.2 Å². The summed E-state index contributed by atoms with van der Waals surface area (Å²) in [5.74, 6) is 0.327. The SMILES string of the molecule is Cc1cc2c(s1)C13CC1CN(C(=O)Oc1cc4cc(NC(=O)c5cc6ccccc6[nH]5)ccc4[nH]1)C3=CC2=O. The first-order valence-electron chi connectivity index (χ1n) is 12.8. The molecule has 2 amide bonds. The molecule has 1 spiro atoms. The predicted molar refractivity (Wildman–Crippen MR) is 149 cm³/mol. The van der Waals surface area contributed by atoms with Gasteiger partial charge in [-0.15, -0.1) is 11.3 Å². The van der Waals surface area contributed by atoms with Gasteiger partial charge in [0.1, 0.15) is 5.69 Å². The Kier molecular flexibility index (Phi) is 4.42. The summed E-state index contributed by atoms with van der Waals surface area (Å²) in [6.45, 7) is 2.55. The topological polar surface area (TPSA) is 107 Å². The Morgan fingerprint density at radius 1 is 1.05 bits per heavy atom. The molecule has 2 atom stereocenters. The average Bonchev–Trinajstić information content (AvgIpc) is 3.35. The third-order valence-corrected chi connectivity index (χ3v) is 9.32. The van der Waals surface area contributed by atoms with E-state index >= 15 is 0 Å². The number of nitrogens with one attached hydrogen (secondary N) is 3. The lowest BCUT2D eigenvalue weighted by Crippen LogP contribution is -2.35. The monoisotopic (exact) mass is 534 g/mol. The molecule has 2 aromatic carbocycles. The first-order valence-corrected chi connectivity index (χ1v) is 13.6. The molecular weight excluding hydrogens is 512 g/mol. The number of rotatable bonds is 3. The molecule has 5 aromatic rings. The molecule has 3 aliphatic rings. The summed E-state index contributed by atoms with van der Waals surface area (Å²) in [6.07, 6.45) is 2.08. The highest BCUT2D eigenvalue weighted by Gasteiger charge is 2.68. The van der Waals surface area contributed by atoms with Crippen LogP contribution in [-0.2, 0) is 5.41 Å². The van der Waals surface area contributed by atoms with Crippen LogP contribution in [0.2, 0.25) is 0 Å². The number of nitrogens with zero attached hydrogens (tertiary/aromatic N) is 1. The Balaban J connectivity index is 1.01. The second-order valence-corrected chi connectivity index (χ2v) is 11.8. The maximum Gasteiger partial charge on any atom is 0.420 e. The number of likely N-dealkylation sites (tertiary alicyclic amines) is 1. The molecular formula is C30H22N4O4S. The number of fused-ring (bicyclic) bond motifs is 3. The van der Waals surface area contributed by atoms with Gasteiger partial charge >= 0.3 is 6.09 Å². The van der Waals surface area contributed by atoms with Crippen LogP contribution in [0.5, 0.6) is 5.88 Å². The molecule has 3 aromatic heterocycles. The van der Waals surface area contributed by atoms with Gasteiger partial charge in [0.2, 0.25) is 5.88 Å². The number of H-pyrrole nitrogens is 2. The number of ether oxygens (including phenoxy) is 1. The smallest absolute Gasteiger partial charge is 0.393 e. The summed E-state index contributed by atoms with van der Waals surface area (Å²) in [4.78, 5) is 48.9. The Hall–Kier alpha value is -4.63. The molecule has 2 aliphatic carbocycles. The number of hydrogen-bond acceptors (Lipinski definition) is 5. The van der Waals surface area contributed by atoms with Crippen LogP contribution < -0.4 is 10.1 Å². The molecule has 192 valence electrons. The zero-order valence-electron chi connectivity index (χ0n) is 20.8. The van der Waals surface area contributed by atoms with Crippen molar-refractivity contribution < 1.29 is 19.1 Å². The van der Waals surface area contributed by atoms with E-state index in [4.69, 9.17) is 4.74 Å². The summed E-state index contributed by atoms with van der Waals surface area (Å²) < 4.78 is 5.74. The van der Waals surface area contributed by atoms with E-state index in [2.05, 4.69) is 15.3 Å². The van der Waals surface area contributed by atoms with Gasteiger partial charge in [-0.2, -0.15) is 0 Å². The highest BCUT2D eigenvalue weighted by atomic mass is 32.1. The van der Waals surface area contributed by atoms with Gasteiger partial charge in [0.15, 0.2) is 5.78 Å². The zero-order chi connectivity index (χ0) is 26.5. The second-order valence-electron chi connectivity index (χ2n) is 10.5. The number of carbonyl (C=O) groups excluding carboxylic acids is 3. The number of para-hydroxylation sites is 1. The minimum Gasteiger partial charge on any atom is -0.393 e. The molecule has 8 nitrogen and oxygen atoms in total. The standard InChI is InChI=1S/C30H22N4O4S/c1-15-8-20-24(35)12-25-30(27(20)39-15)13-18(30)14-34(25)29(37)38-26-11-17-9-19(6-7-22(17)33-26)31-28(36)23-10-16-4-2-3-5-21(16)32-23/h2-12,18,32-33H,13-14H2,1H3,(H,31,36). The first kappa shape index (κ1) is 22.4. The van der Waals surface area contributed by atoms with Crippen molar-refractivity contribution in [3.63, 3.8) is 0 Å². The highest BCUT2D eigenvalue weighted by Crippen LogP contribution is 2.68. The summed E-state index contributed by atoms with van der Waals surface area (Å²) in [5, 5.41) is 4.68. The molecule has 4 heterocycles. The van der Waals surface area contributed by atoms with Crippen molar-refractivity contribution in [3.8, 4) is 5.88 Å². The van der Waals surface area contributed by atoms with Crippen LogP contribution in [0, 0.1) is 12.8 Å². The fourth-order valence-electron chi connectivity index (χ4n) is 6.21. The number of hydrogen-bond donors (Lipinski definition) is 3. The van der Waals surface area contributed by atoms with Crippen molar-refractivity contribution in [1.82, 2.24) is 14.9 Å². The fourth-order valence-corrected chi connectivity index (χ4v) is 7.51. The minimum atomic E-state index is -0.503. The third kappa shape index (κ3) is 3.26. The first-order chi connectivity index (χ1) is 18.9. The normalized spacial score (nSPS) is 20.9. The van der Waals surface area contributed by atoms with E-state index in [1.165, 1.54) is 0 Å². The lowest BCUT2D eigenvalue weighted by molar-refractivity contribution is 0.101. The number of aromatic nitrogens is 2. The van der Waals surface area contributed by atoms with Gasteiger partial charge in [-0.05, 0) is 55.7 Å². The average molecular weight is 535 g/mol. The van der Waals surface area contributed by atoms with E-state index in [1.54, 1.807) is 34.4 Å². The fraction of sp³-hybridized carbons (Fsp3) is 0.167. The quantitative estimate of drug-likeness (QED) is 0.259. The summed E-state index contributed by atoms with van der Waals surface area (Å²) in [6, 6.07) is 18.7. The Morgan fingerprint density at radius 2 is 1.90 bits per heavy atom. The largest absolute Gasteiger partial charge is 0.420 e. The molecule has 0 radical (unpaired) electrons. The molecule has 1 aliphatic heterocycles. The molecule has 3 N–H and O–H groups in total. The number of thiophene rings is 1. The van der Waals surface area contributed by atoms with Crippen LogP contribution >= 0.6 is 11.3 Å². The second kappa shape index (κ2) is 7.70. The van der Waals surface area contributed by atoms with E-state index < -0.39 is 6.09 Å². The maximum absolute atomic E-state index is 13.3. The Labute approximate surface area is 226 Å². The van der Waals surface area contributed by atoms with Gasteiger partial charge in [0.05, 0.1) is 5.41 Å². The van der Waals surface area contributed by atoms with E-state index in [1.807, 2.05) is 55.5 Å². The Morgan fingerprint density at radius 3 is 2.77 bits per heavy atom. The number of ketones is 1. The number of aromatic amines is 2. The number of anilines is 1. The van der Waals surface area contributed by atoms with Gasteiger partial charge in [0, 0.05) is 67.2 Å². The molecule has 1 saturated heterocycles. The van der Waals surface area contributed by atoms with Gasteiger partial charge in [-0.3, -0.25) is 14.5 Å². The van der Waals surface area contributed by atoms with Crippen molar-refractivity contribution in [3.05, 3.63) is 93.4 Å². The van der Waals surface area contributed by atoms with Crippen LogP contribution in [0.25, 0.3) is 21.8 Å². The Bertz CT molecular complexity index is 1890. The van der Waals surface area contributed by atoms with E-state index in [0.29, 0.717) is 29.7 Å². The number of aryl methyl sites for hydroxylation is 1. The number of carbonyl (C=O) groups is 3. The summed E-state index contributed by atoms with van der Waals surface area (Å²) in [7, 11) is 0. The summed E-state index contributed by atoms with van der Waals surface area (Å²) >= 11 is 1.66. The van der Waals surface area contributed by atoms with Gasteiger partial charge in [-0.1, -0.05) is 18.2 Å². The molecule has 2 fully saturated rings. The van der Waals surface area contributed by atoms with Crippen LogP contribution in [0.15, 0.2) is 72.4 Å². The van der Waals surface area contributed by atoms with Gasteiger partial charge in [0.25, 0.3) is 5.91 Å². The highest BCUT2D eigenvalue weighted by molar-refractivity contribution is 7.12. The van der Waals surface area contributed by atoms with E-state index in [9.17, 15) is 14.4 Å². The van der Waals surface area contributed by atoms with Crippen LogP contribution in [0.1, 0.15) is 37.0 Å². The van der Waals surface area contributed by atoms with Crippen molar-refractivity contribution in [1.29, 1.82) is 0 Å². The van der Waals surface area contributed by atoms with Crippen molar-refractivity contribution in [2.75, 3.05) is 11.9 Å². The lowest BCUT2D eigenvalue weighted by atomic mass is 9.88. The van der Waals surface area contributed by atoms with E-state index in [-0.39, 0.29) is 17.1 Å². The van der Waals surface area contributed by atoms with Crippen molar-refractivity contribution in [2.24, 2.45) is 5.92 Å². The maximum atomic E-state index is 13.3. The third-order valence-electron chi connectivity index (χ3n) is 8.10. The zero-order valence-corrected chi connectivity index (χ0v) is 21.6. The predicted octanol–water partition coefficient (Wildman–Crippen LogP) is 6.12. The van der Waals surface area contributed by atoms with Crippen LogP contribution in [0.4, 0.5) is 10.5 Å². The number of allylic oxidation sites excluding steroid dienone is 2. The van der Waals surface area contributed by atoms with Crippen LogP contribution in [0.3, 0.4) is 0 Å². The molecule has 39 heavy (non-hydrogen) atoms. The molecule has 8 rings (SSSR count). The van der Waals surface area contributed by atoms with E-state index in [0.717, 1.165) is 49.2 Å². The van der Waals surface area contributed by atoms with Crippen molar-refractivity contribution >= 4 is 56.6 Å².